The number of carbonyl (C=O) groups excluding carboxylic acids is 1. The number of halogens is 1. The van der Waals surface area contributed by atoms with Gasteiger partial charge in [0.15, 0.2) is 0 Å². The number of furan rings is 1. The molecule has 5 heteroatoms. The second-order valence-corrected chi connectivity index (χ2v) is 5.05. The number of esters is 1. The molecule has 1 aromatic carbocycles. The zero-order valence-electron chi connectivity index (χ0n) is 10.7. The van der Waals surface area contributed by atoms with E-state index in [1.165, 1.54) is 13.4 Å². The number of ether oxygens (including phenoxy) is 1. The fourth-order valence-electron chi connectivity index (χ4n) is 1.78. The summed E-state index contributed by atoms with van der Waals surface area (Å²) >= 11 is 3.45. The third kappa shape index (κ3) is 3.38. The molecule has 0 spiro atoms. The van der Waals surface area contributed by atoms with Gasteiger partial charge in [-0.25, -0.2) is 4.79 Å². The number of benzene rings is 1. The Kier molecular flexibility index (Phi) is 4.27. The van der Waals surface area contributed by atoms with Gasteiger partial charge in [0.25, 0.3) is 0 Å². The van der Waals surface area contributed by atoms with E-state index in [4.69, 9.17) is 4.42 Å². The molecule has 0 aliphatic carbocycles. The molecular formula is C14H14BrNO3. The molecule has 0 unspecified atom stereocenters. The van der Waals surface area contributed by atoms with E-state index in [9.17, 15) is 4.79 Å². The van der Waals surface area contributed by atoms with Crippen molar-refractivity contribution in [2.24, 2.45) is 0 Å². The normalized spacial score (nSPS) is 10.3. The number of methoxy groups -OCH3 is 1. The molecule has 2 rings (SSSR count). The predicted octanol–water partition coefficient (Wildman–Crippen LogP) is 3.75. The first-order valence-electron chi connectivity index (χ1n) is 5.76. The van der Waals surface area contributed by atoms with Crippen LogP contribution < -0.4 is 5.32 Å². The lowest BCUT2D eigenvalue weighted by Gasteiger charge is -2.08. The van der Waals surface area contributed by atoms with Crippen molar-refractivity contribution < 1.29 is 13.9 Å². The van der Waals surface area contributed by atoms with Crippen molar-refractivity contribution in [3.8, 4) is 0 Å². The van der Waals surface area contributed by atoms with Crippen molar-refractivity contribution in [1.82, 2.24) is 0 Å². The topological polar surface area (TPSA) is 51.5 Å². The van der Waals surface area contributed by atoms with E-state index in [1.54, 1.807) is 6.07 Å². The molecule has 1 N–H and O–H groups in total. The van der Waals surface area contributed by atoms with Gasteiger partial charge in [-0.3, -0.25) is 0 Å². The number of carbonyl (C=O) groups is 1. The molecule has 0 bridgehead atoms. The van der Waals surface area contributed by atoms with Crippen LogP contribution in [0.1, 0.15) is 21.7 Å². The quantitative estimate of drug-likeness (QED) is 0.870. The maximum Gasteiger partial charge on any atom is 0.374 e. The van der Waals surface area contributed by atoms with Crippen molar-refractivity contribution in [1.29, 1.82) is 0 Å². The van der Waals surface area contributed by atoms with Gasteiger partial charge in [-0.15, -0.1) is 0 Å². The molecule has 0 fully saturated rings. The van der Waals surface area contributed by atoms with E-state index in [-0.39, 0.29) is 5.76 Å². The predicted molar refractivity (Wildman–Crippen MR) is 76.3 cm³/mol. The summed E-state index contributed by atoms with van der Waals surface area (Å²) in [7, 11) is 1.33. The molecule has 0 radical (unpaired) electrons. The lowest BCUT2D eigenvalue weighted by molar-refractivity contribution is 0.0563. The third-order valence-electron chi connectivity index (χ3n) is 2.64. The van der Waals surface area contributed by atoms with E-state index < -0.39 is 5.97 Å². The van der Waals surface area contributed by atoms with Gasteiger partial charge in [-0.2, -0.15) is 0 Å². The van der Waals surface area contributed by atoms with Crippen LogP contribution in [0, 0.1) is 6.92 Å². The van der Waals surface area contributed by atoms with Crippen LogP contribution in [0.4, 0.5) is 5.69 Å². The highest BCUT2D eigenvalue weighted by molar-refractivity contribution is 9.10. The van der Waals surface area contributed by atoms with E-state index in [1.807, 2.05) is 25.1 Å². The Bertz CT molecular complexity index is 572. The largest absolute Gasteiger partial charge is 0.463 e. The molecule has 0 amide bonds. The molecule has 4 nitrogen and oxygen atoms in total. The van der Waals surface area contributed by atoms with Crippen LogP contribution in [-0.2, 0) is 11.3 Å². The lowest BCUT2D eigenvalue weighted by atomic mass is 10.2. The van der Waals surface area contributed by atoms with Gasteiger partial charge in [0, 0.05) is 22.3 Å². The number of anilines is 1. The average Bonchev–Trinajstić information content (AvgIpc) is 2.82. The Morgan fingerprint density at radius 1 is 1.42 bits per heavy atom. The minimum atomic E-state index is -0.466. The van der Waals surface area contributed by atoms with Crippen molar-refractivity contribution in [3.05, 3.63) is 51.9 Å². The highest BCUT2D eigenvalue weighted by atomic mass is 79.9. The molecule has 0 saturated carbocycles. The number of hydrogen-bond acceptors (Lipinski definition) is 4. The zero-order chi connectivity index (χ0) is 13.8. The Balaban J connectivity index is 2.10. The molecule has 0 atom stereocenters. The maximum atomic E-state index is 11.5. The van der Waals surface area contributed by atoms with Crippen LogP contribution >= 0.6 is 15.9 Å². The van der Waals surface area contributed by atoms with Gasteiger partial charge in [0.05, 0.1) is 13.4 Å². The van der Waals surface area contributed by atoms with Gasteiger partial charge >= 0.3 is 5.97 Å². The summed E-state index contributed by atoms with van der Waals surface area (Å²) in [6.45, 7) is 2.52. The zero-order valence-corrected chi connectivity index (χ0v) is 12.3. The van der Waals surface area contributed by atoms with Crippen molar-refractivity contribution in [2.75, 3.05) is 12.4 Å². The minimum Gasteiger partial charge on any atom is -0.463 e. The fraction of sp³-hybridized carbons (Fsp3) is 0.214. The van der Waals surface area contributed by atoms with Gasteiger partial charge in [0.1, 0.15) is 0 Å². The van der Waals surface area contributed by atoms with Crippen LogP contribution in [-0.4, -0.2) is 13.1 Å². The molecule has 0 saturated heterocycles. The Labute approximate surface area is 119 Å². The molecule has 0 aliphatic heterocycles. The maximum absolute atomic E-state index is 11.5. The Hall–Kier alpha value is -1.75. The van der Waals surface area contributed by atoms with E-state index in [0.717, 1.165) is 21.3 Å². The summed E-state index contributed by atoms with van der Waals surface area (Å²) in [4.78, 5) is 11.5. The summed E-state index contributed by atoms with van der Waals surface area (Å²) in [5.74, 6) is -0.228. The van der Waals surface area contributed by atoms with Crippen LogP contribution in [0.3, 0.4) is 0 Å². The molecule has 2 aromatic rings. The van der Waals surface area contributed by atoms with Crippen molar-refractivity contribution >= 4 is 27.6 Å². The van der Waals surface area contributed by atoms with Crippen molar-refractivity contribution in [2.45, 2.75) is 13.5 Å². The van der Waals surface area contributed by atoms with E-state index in [2.05, 4.69) is 26.0 Å². The van der Waals surface area contributed by atoms with Gasteiger partial charge in [0.2, 0.25) is 5.76 Å². The Morgan fingerprint density at radius 3 is 2.89 bits per heavy atom. The third-order valence-corrected chi connectivity index (χ3v) is 3.10. The van der Waals surface area contributed by atoms with Crippen molar-refractivity contribution in [3.63, 3.8) is 0 Å². The molecule has 1 heterocycles. The summed E-state index contributed by atoms with van der Waals surface area (Å²) in [5, 5.41) is 3.25. The van der Waals surface area contributed by atoms with Gasteiger partial charge in [-0.1, -0.05) is 15.9 Å². The number of nitrogens with one attached hydrogen (secondary N) is 1. The SMILES string of the molecule is COC(=O)c1occc1CNc1cc(C)cc(Br)c1. The molecule has 19 heavy (non-hydrogen) atoms. The number of rotatable bonds is 4. The first kappa shape index (κ1) is 13.7. The average molecular weight is 324 g/mol. The summed E-state index contributed by atoms with van der Waals surface area (Å²) < 4.78 is 10.8. The van der Waals surface area contributed by atoms with Gasteiger partial charge < -0.3 is 14.5 Å². The Morgan fingerprint density at radius 2 is 2.21 bits per heavy atom. The summed E-state index contributed by atoms with van der Waals surface area (Å²) in [6.07, 6.45) is 1.48. The smallest absolute Gasteiger partial charge is 0.374 e. The second-order valence-electron chi connectivity index (χ2n) is 4.14. The van der Waals surface area contributed by atoms with Gasteiger partial charge in [-0.05, 0) is 36.8 Å². The van der Waals surface area contributed by atoms with Crippen LogP contribution in [0.25, 0.3) is 0 Å². The summed E-state index contributed by atoms with van der Waals surface area (Å²) in [5.41, 5.74) is 2.89. The first-order chi connectivity index (χ1) is 9.10. The number of hydrogen-bond donors (Lipinski definition) is 1. The standard InChI is InChI=1S/C14H14BrNO3/c1-9-5-11(15)7-12(6-9)16-8-10-3-4-19-13(10)14(17)18-2/h3-7,16H,8H2,1-2H3. The van der Waals surface area contributed by atoms with E-state index in [0.29, 0.717) is 6.54 Å². The molecule has 100 valence electrons. The second kappa shape index (κ2) is 5.93. The molecule has 1 aromatic heterocycles. The summed E-state index contributed by atoms with van der Waals surface area (Å²) in [6, 6.07) is 7.79. The number of aryl methyl sites for hydroxylation is 1. The molecule has 0 aliphatic rings. The monoisotopic (exact) mass is 323 g/mol. The minimum absolute atomic E-state index is 0.238. The van der Waals surface area contributed by atoms with Crippen LogP contribution in [0.2, 0.25) is 0 Å². The van der Waals surface area contributed by atoms with E-state index >= 15 is 0 Å². The highest BCUT2D eigenvalue weighted by Gasteiger charge is 2.15. The highest BCUT2D eigenvalue weighted by Crippen LogP contribution is 2.20. The van der Waals surface area contributed by atoms with Crippen LogP contribution in [0.15, 0.2) is 39.4 Å². The lowest BCUT2D eigenvalue weighted by Crippen LogP contribution is -2.06. The van der Waals surface area contributed by atoms with Crippen LogP contribution in [0.5, 0.6) is 0 Å². The molecular weight excluding hydrogens is 310 g/mol. The fourth-order valence-corrected chi connectivity index (χ4v) is 2.39. The first-order valence-corrected chi connectivity index (χ1v) is 6.55.